The van der Waals surface area contributed by atoms with E-state index in [1.165, 1.54) is 18.0 Å². The average molecular weight is 380 g/mol. The number of benzene rings is 2. The van der Waals surface area contributed by atoms with Crippen molar-refractivity contribution in [2.75, 3.05) is 10.2 Å². The highest BCUT2D eigenvalue weighted by Crippen LogP contribution is 2.21. The van der Waals surface area contributed by atoms with Gasteiger partial charge in [-0.3, -0.25) is 24.3 Å². The predicted molar refractivity (Wildman–Crippen MR) is 107 cm³/mol. The van der Waals surface area contributed by atoms with Crippen LogP contribution in [0.4, 0.5) is 17.1 Å². The summed E-state index contributed by atoms with van der Waals surface area (Å²) in [5.41, 5.74) is 1.75. The Kier molecular flexibility index (Phi) is 5.37. The molecule has 2 aromatic rings. The molecule has 2 aromatic carbocycles. The molecule has 27 heavy (non-hydrogen) atoms. The van der Waals surface area contributed by atoms with Gasteiger partial charge in [0.2, 0.25) is 11.8 Å². The third-order valence-electron chi connectivity index (χ3n) is 3.78. The molecular weight excluding hydrogens is 364 g/mol. The number of nitrogens with zero attached hydrogens (tertiary/aromatic N) is 2. The topological polar surface area (TPSA) is 90.9 Å². The van der Waals surface area contributed by atoms with E-state index >= 15 is 0 Å². The van der Waals surface area contributed by atoms with Crippen molar-refractivity contribution in [3.8, 4) is 0 Å². The molecular formula is C19H16N4O3S. The third kappa shape index (κ3) is 4.24. The molecule has 7 nitrogen and oxygen atoms in total. The van der Waals surface area contributed by atoms with E-state index in [1.54, 1.807) is 48.5 Å². The lowest BCUT2D eigenvalue weighted by Gasteiger charge is -2.30. The fourth-order valence-corrected chi connectivity index (χ4v) is 2.83. The van der Waals surface area contributed by atoms with Crippen LogP contribution in [0.5, 0.6) is 0 Å². The van der Waals surface area contributed by atoms with Crippen LogP contribution < -0.4 is 15.5 Å². The minimum Gasteiger partial charge on any atom is -0.326 e. The van der Waals surface area contributed by atoms with Gasteiger partial charge in [-0.25, -0.2) is 0 Å². The normalized spacial score (nSPS) is 17.1. The first-order chi connectivity index (χ1) is 13.0. The lowest BCUT2D eigenvalue weighted by molar-refractivity contribution is -0.130. The van der Waals surface area contributed by atoms with Gasteiger partial charge in [0.1, 0.15) is 0 Å². The van der Waals surface area contributed by atoms with Gasteiger partial charge in [0.15, 0.2) is 11.0 Å². The molecule has 1 saturated heterocycles. The summed E-state index contributed by atoms with van der Waals surface area (Å²) in [5, 5.41) is 5.23. The average Bonchev–Trinajstić information content (AvgIpc) is 2.63. The number of hydrogen-bond acceptors (Lipinski definition) is 5. The highest BCUT2D eigenvalue weighted by atomic mass is 32.1. The molecule has 1 fully saturated rings. The molecule has 0 radical (unpaired) electrons. The predicted octanol–water partition coefficient (Wildman–Crippen LogP) is 2.41. The summed E-state index contributed by atoms with van der Waals surface area (Å²) >= 11 is 5.14. The maximum Gasteiger partial charge on any atom is 0.251 e. The summed E-state index contributed by atoms with van der Waals surface area (Å²) < 4.78 is 0. The molecule has 3 amide bonds. The molecule has 0 unspecified atom stereocenters. The van der Waals surface area contributed by atoms with Crippen molar-refractivity contribution in [1.82, 2.24) is 5.32 Å². The lowest BCUT2D eigenvalue weighted by Crippen LogP contribution is -2.58. The zero-order chi connectivity index (χ0) is 19.4. The van der Waals surface area contributed by atoms with E-state index in [4.69, 9.17) is 12.2 Å². The summed E-state index contributed by atoms with van der Waals surface area (Å²) in [6, 6.07) is 15.6. The molecule has 0 aliphatic carbocycles. The van der Waals surface area contributed by atoms with Crippen molar-refractivity contribution in [3.63, 3.8) is 0 Å². The SMILES string of the molecule is CC(=O)Nc1ccc(N=C[C@H]2C(=O)NC(=S)N(c3ccccc3)C2=O)cc1. The summed E-state index contributed by atoms with van der Waals surface area (Å²) in [4.78, 5) is 41.5. The number of aliphatic imine (C=N–C) groups is 1. The van der Waals surface area contributed by atoms with Gasteiger partial charge in [0.05, 0.1) is 11.4 Å². The number of carbonyl (C=O) groups excluding carboxylic acids is 3. The summed E-state index contributed by atoms with van der Waals surface area (Å²) in [7, 11) is 0. The molecule has 3 rings (SSSR count). The second kappa shape index (κ2) is 7.88. The Labute approximate surface area is 161 Å². The fraction of sp³-hybridized carbons (Fsp3) is 0.105. The Balaban J connectivity index is 1.79. The maximum absolute atomic E-state index is 12.8. The van der Waals surface area contributed by atoms with Gasteiger partial charge in [-0.1, -0.05) is 18.2 Å². The zero-order valence-corrected chi connectivity index (χ0v) is 15.2. The van der Waals surface area contributed by atoms with E-state index < -0.39 is 17.7 Å². The van der Waals surface area contributed by atoms with Gasteiger partial charge in [-0.15, -0.1) is 0 Å². The van der Waals surface area contributed by atoms with Gasteiger partial charge >= 0.3 is 0 Å². The summed E-state index contributed by atoms with van der Waals surface area (Å²) in [5.74, 6) is -2.25. The summed E-state index contributed by atoms with van der Waals surface area (Å²) in [6.45, 7) is 1.42. The second-order valence-corrected chi connectivity index (χ2v) is 6.17. The Morgan fingerprint density at radius 2 is 1.81 bits per heavy atom. The van der Waals surface area contributed by atoms with E-state index in [2.05, 4.69) is 15.6 Å². The van der Waals surface area contributed by atoms with Crippen molar-refractivity contribution in [2.45, 2.75) is 6.92 Å². The maximum atomic E-state index is 12.8. The first-order valence-corrected chi connectivity index (χ1v) is 8.52. The smallest absolute Gasteiger partial charge is 0.251 e. The second-order valence-electron chi connectivity index (χ2n) is 5.79. The monoisotopic (exact) mass is 380 g/mol. The number of nitrogens with one attached hydrogen (secondary N) is 2. The number of para-hydroxylation sites is 1. The van der Waals surface area contributed by atoms with Gasteiger partial charge in [0, 0.05) is 18.8 Å². The van der Waals surface area contributed by atoms with E-state index in [0.29, 0.717) is 17.1 Å². The molecule has 0 bridgehead atoms. The van der Waals surface area contributed by atoms with Crippen LogP contribution in [0.15, 0.2) is 59.6 Å². The van der Waals surface area contributed by atoms with Crippen molar-refractivity contribution >= 4 is 58.3 Å². The molecule has 1 atom stereocenters. The van der Waals surface area contributed by atoms with Crippen molar-refractivity contribution in [3.05, 3.63) is 54.6 Å². The number of anilines is 2. The molecule has 8 heteroatoms. The van der Waals surface area contributed by atoms with E-state index in [0.717, 1.165) is 0 Å². The zero-order valence-electron chi connectivity index (χ0n) is 14.4. The van der Waals surface area contributed by atoms with Gasteiger partial charge in [-0.2, -0.15) is 0 Å². The minimum absolute atomic E-state index is 0.0421. The highest BCUT2D eigenvalue weighted by Gasteiger charge is 2.38. The Hall–Kier alpha value is -3.39. The van der Waals surface area contributed by atoms with E-state index in [-0.39, 0.29) is 11.0 Å². The van der Waals surface area contributed by atoms with E-state index in [9.17, 15) is 14.4 Å². The van der Waals surface area contributed by atoms with Crippen LogP contribution in [-0.4, -0.2) is 29.0 Å². The van der Waals surface area contributed by atoms with Crippen LogP contribution in [0.3, 0.4) is 0 Å². The van der Waals surface area contributed by atoms with Crippen LogP contribution in [-0.2, 0) is 14.4 Å². The molecule has 0 aromatic heterocycles. The minimum atomic E-state index is -1.09. The Morgan fingerprint density at radius 1 is 1.15 bits per heavy atom. The number of rotatable bonds is 4. The standard InChI is InChI=1S/C19H16N4O3S/c1-12(24)21-14-9-7-13(8-10-14)20-11-16-17(25)22-19(27)23(18(16)26)15-5-3-2-4-6-15/h2-11,16H,1H3,(H,21,24)(H,22,25,27)/t16-/m0/s1. The van der Waals surface area contributed by atoms with Crippen LogP contribution in [0.2, 0.25) is 0 Å². The van der Waals surface area contributed by atoms with Crippen molar-refractivity contribution < 1.29 is 14.4 Å². The fourth-order valence-electron chi connectivity index (χ4n) is 2.54. The van der Waals surface area contributed by atoms with Gasteiger partial charge < -0.3 is 10.6 Å². The van der Waals surface area contributed by atoms with E-state index in [1.807, 2.05) is 6.07 Å². The van der Waals surface area contributed by atoms with Crippen LogP contribution >= 0.6 is 12.2 Å². The number of hydrogen-bond donors (Lipinski definition) is 2. The van der Waals surface area contributed by atoms with Crippen LogP contribution in [0.1, 0.15) is 6.92 Å². The van der Waals surface area contributed by atoms with Crippen molar-refractivity contribution in [2.24, 2.45) is 10.9 Å². The third-order valence-corrected chi connectivity index (χ3v) is 4.06. The van der Waals surface area contributed by atoms with Crippen molar-refractivity contribution in [1.29, 1.82) is 0 Å². The molecule has 1 aliphatic rings. The van der Waals surface area contributed by atoms with Crippen LogP contribution in [0, 0.1) is 5.92 Å². The Bertz CT molecular complexity index is 926. The molecule has 2 N–H and O–H groups in total. The molecule has 1 aliphatic heterocycles. The highest BCUT2D eigenvalue weighted by molar-refractivity contribution is 7.80. The summed E-state index contributed by atoms with van der Waals surface area (Å²) in [6.07, 6.45) is 1.29. The molecule has 0 spiro atoms. The molecule has 1 heterocycles. The lowest BCUT2D eigenvalue weighted by atomic mass is 10.1. The largest absolute Gasteiger partial charge is 0.326 e. The van der Waals surface area contributed by atoms with Gasteiger partial charge in [0.25, 0.3) is 5.91 Å². The first-order valence-electron chi connectivity index (χ1n) is 8.11. The quantitative estimate of drug-likeness (QED) is 0.484. The Morgan fingerprint density at radius 3 is 2.44 bits per heavy atom. The first kappa shape index (κ1) is 18.4. The molecule has 0 saturated carbocycles. The van der Waals surface area contributed by atoms with Gasteiger partial charge in [-0.05, 0) is 48.6 Å². The molecule has 136 valence electrons. The number of thiocarbonyl (C=S) groups is 1. The number of carbonyl (C=O) groups is 3. The number of amides is 3. The van der Waals surface area contributed by atoms with Crippen LogP contribution in [0.25, 0.3) is 0 Å².